The van der Waals surface area contributed by atoms with Crippen molar-refractivity contribution in [3.8, 4) is 0 Å². The quantitative estimate of drug-likeness (QED) is 0.854. The van der Waals surface area contributed by atoms with Gasteiger partial charge in [-0.2, -0.15) is 0 Å². The van der Waals surface area contributed by atoms with E-state index in [0.29, 0.717) is 5.92 Å². The first-order chi connectivity index (χ1) is 7.41. The number of carbonyl (C=O) groups is 1. The summed E-state index contributed by atoms with van der Waals surface area (Å²) in [5.41, 5.74) is 2.18. The number of hydrogen-bond acceptors (Lipinski definition) is 1. The zero-order valence-corrected chi connectivity index (χ0v) is 12.0. The molecule has 0 spiro atoms. The van der Waals surface area contributed by atoms with Crippen LogP contribution < -0.4 is 0 Å². The number of hydrogen-bond donors (Lipinski definition) is 1. The summed E-state index contributed by atoms with van der Waals surface area (Å²) in [5.74, 6) is -0.576. The molecule has 0 aliphatic carbocycles. The van der Waals surface area contributed by atoms with E-state index in [-0.39, 0.29) is 0 Å². The van der Waals surface area contributed by atoms with E-state index in [9.17, 15) is 4.79 Å². The fourth-order valence-corrected chi connectivity index (χ4v) is 2.70. The first-order valence-corrected chi connectivity index (χ1v) is 6.50. The smallest absolute Gasteiger partial charge is 0.310 e. The maximum Gasteiger partial charge on any atom is 0.310 e. The molecule has 16 heavy (non-hydrogen) atoms. The third-order valence-corrected chi connectivity index (χ3v) is 3.48. The van der Waals surface area contributed by atoms with Gasteiger partial charge in [-0.3, -0.25) is 4.79 Å². The Kier molecular flexibility index (Phi) is 4.77. The Morgan fingerprint density at radius 3 is 2.44 bits per heavy atom. The minimum atomic E-state index is -0.769. The van der Waals surface area contributed by atoms with E-state index in [0.717, 1.165) is 15.6 Å². The van der Waals surface area contributed by atoms with Gasteiger partial charge in [0.1, 0.15) is 0 Å². The summed E-state index contributed by atoms with van der Waals surface area (Å²) in [6.07, 6.45) is 1.04. The number of carboxylic acids is 1. The van der Waals surface area contributed by atoms with E-state index in [1.807, 2.05) is 12.1 Å². The van der Waals surface area contributed by atoms with Gasteiger partial charge in [0, 0.05) is 3.57 Å². The molecule has 0 radical (unpaired) electrons. The van der Waals surface area contributed by atoms with Crippen LogP contribution in [0.1, 0.15) is 37.8 Å². The zero-order valence-electron chi connectivity index (χ0n) is 9.83. The molecule has 1 unspecified atom stereocenters. The number of benzene rings is 1. The summed E-state index contributed by atoms with van der Waals surface area (Å²) in [6, 6.07) is 6.07. The van der Waals surface area contributed by atoms with Gasteiger partial charge in [0.05, 0.1) is 5.92 Å². The maximum absolute atomic E-state index is 10.9. The standard InChI is InChI=1S/C13H17IO2/c1-8(2)6-10-4-5-11(12(14)7-10)9(3)13(15)16/h4-5,7-9H,6H2,1-3H3,(H,15,16). The predicted octanol–water partition coefficient (Wildman–Crippen LogP) is 3.68. The molecule has 0 amide bonds. The van der Waals surface area contributed by atoms with Crippen LogP contribution in [0.3, 0.4) is 0 Å². The van der Waals surface area contributed by atoms with Gasteiger partial charge < -0.3 is 5.11 Å². The van der Waals surface area contributed by atoms with E-state index in [1.54, 1.807) is 6.92 Å². The Labute approximate surface area is 110 Å². The van der Waals surface area contributed by atoms with Crippen LogP contribution in [0.25, 0.3) is 0 Å². The molecule has 0 aliphatic rings. The number of rotatable bonds is 4. The van der Waals surface area contributed by atoms with Crippen molar-refractivity contribution in [2.45, 2.75) is 33.1 Å². The zero-order chi connectivity index (χ0) is 12.3. The topological polar surface area (TPSA) is 37.3 Å². The van der Waals surface area contributed by atoms with E-state index in [1.165, 1.54) is 5.56 Å². The van der Waals surface area contributed by atoms with Crippen LogP contribution in [0.5, 0.6) is 0 Å². The summed E-state index contributed by atoms with van der Waals surface area (Å²) < 4.78 is 1.05. The minimum Gasteiger partial charge on any atom is -0.481 e. The second-order valence-electron chi connectivity index (χ2n) is 4.51. The molecule has 1 atom stereocenters. The van der Waals surface area contributed by atoms with Crippen molar-refractivity contribution in [3.63, 3.8) is 0 Å². The van der Waals surface area contributed by atoms with Gasteiger partial charge in [-0.05, 0) is 59.0 Å². The Morgan fingerprint density at radius 2 is 2.00 bits per heavy atom. The van der Waals surface area contributed by atoms with Gasteiger partial charge in [-0.15, -0.1) is 0 Å². The third-order valence-electron chi connectivity index (χ3n) is 2.55. The number of halogens is 1. The largest absolute Gasteiger partial charge is 0.481 e. The van der Waals surface area contributed by atoms with Crippen LogP contribution in [0.4, 0.5) is 0 Å². The summed E-state index contributed by atoms with van der Waals surface area (Å²) in [7, 11) is 0. The van der Waals surface area contributed by atoms with Gasteiger partial charge >= 0.3 is 5.97 Å². The molecule has 1 aromatic carbocycles. The molecule has 2 nitrogen and oxygen atoms in total. The molecule has 3 heteroatoms. The van der Waals surface area contributed by atoms with Gasteiger partial charge in [-0.1, -0.05) is 26.0 Å². The molecule has 0 aromatic heterocycles. The van der Waals surface area contributed by atoms with Crippen LogP contribution in [0.15, 0.2) is 18.2 Å². The Morgan fingerprint density at radius 1 is 1.38 bits per heavy atom. The predicted molar refractivity (Wildman–Crippen MR) is 73.8 cm³/mol. The molecule has 0 heterocycles. The lowest BCUT2D eigenvalue weighted by molar-refractivity contribution is -0.138. The molecule has 1 N–H and O–H groups in total. The van der Waals surface area contributed by atoms with Gasteiger partial charge in [0.25, 0.3) is 0 Å². The highest BCUT2D eigenvalue weighted by molar-refractivity contribution is 14.1. The average Bonchev–Trinajstić information content (AvgIpc) is 2.15. The van der Waals surface area contributed by atoms with Crippen LogP contribution in [-0.4, -0.2) is 11.1 Å². The molecule has 1 rings (SSSR count). The third kappa shape index (κ3) is 3.47. The fourth-order valence-electron chi connectivity index (χ4n) is 1.65. The SMILES string of the molecule is CC(C)Cc1ccc(C(C)C(=O)O)c(I)c1. The van der Waals surface area contributed by atoms with Crippen molar-refractivity contribution in [3.05, 3.63) is 32.9 Å². The van der Waals surface area contributed by atoms with Crippen molar-refractivity contribution in [2.75, 3.05) is 0 Å². The van der Waals surface area contributed by atoms with Crippen molar-refractivity contribution in [1.29, 1.82) is 0 Å². The molecule has 0 bridgehead atoms. The lowest BCUT2D eigenvalue weighted by Gasteiger charge is -2.12. The van der Waals surface area contributed by atoms with E-state index in [4.69, 9.17) is 5.11 Å². The highest BCUT2D eigenvalue weighted by Gasteiger charge is 2.16. The molecular formula is C13H17IO2. The Balaban J connectivity index is 2.95. The minimum absolute atomic E-state index is 0.431. The highest BCUT2D eigenvalue weighted by atomic mass is 127. The lowest BCUT2D eigenvalue weighted by atomic mass is 9.97. The van der Waals surface area contributed by atoms with Gasteiger partial charge in [0.15, 0.2) is 0 Å². The van der Waals surface area contributed by atoms with Crippen molar-refractivity contribution < 1.29 is 9.90 Å². The lowest BCUT2D eigenvalue weighted by Crippen LogP contribution is -2.09. The molecule has 88 valence electrons. The van der Waals surface area contributed by atoms with E-state index in [2.05, 4.69) is 42.5 Å². The van der Waals surface area contributed by atoms with E-state index >= 15 is 0 Å². The van der Waals surface area contributed by atoms with Crippen LogP contribution in [0.2, 0.25) is 0 Å². The number of carboxylic acid groups (broad SMARTS) is 1. The normalized spacial score (nSPS) is 12.8. The second kappa shape index (κ2) is 5.66. The summed E-state index contributed by atoms with van der Waals surface area (Å²) in [5, 5.41) is 8.97. The van der Waals surface area contributed by atoms with Crippen LogP contribution in [0, 0.1) is 9.49 Å². The van der Waals surface area contributed by atoms with Crippen LogP contribution in [-0.2, 0) is 11.2 Å². The summed E-state index contributed by atoms with van der Waals surface area (Å²) in [6.45, 7) is 6.09. The van der Waals surface area contributed by atoms with Gasteiger partial charge in [-0.25, -0.2) is 0 Å². The monoisotopic (exact) mass is 332 g/mol. The van der Waals surface area contributed by atoms with Crippen LogP contribution >= 0.6 is 22.6 Å². The fraction of sp³-hybridized carbons (Fsp3) is 0.462. The second-order valence-corrected chi connectivity index (χ2v) is 5.68. The van der Waals surface area contributed by atoms with Gasteiger partial charge in [0.2, 0.25) is 0 Å². The van der Waals surface area contributed by atoms with E-state index < -0.39 is 11.9 Å². The Bertz CT molecular complexity index is 386. The summed E-state index contributed by atoms with van der Waals surface area (Å²) in [4.78, 5) is 10.9. The summed E-state index contributed by atoms with van der Waals surface area (Å²) >= 11 is 2.22. The average molecular weight is 332 g/mol. The molecular weight excluding hydrogens is 315 g/mol. The highest BCUT2D eigenvalue weighted by Crippen LogP contribution is 2.24. The van der Waals surface area contributed by atoms with Crippen molar-refractivity contribution in [2.24, 2.45) is 5.92 Å². The van der Waals surface area contributed by atoms with Crippen molar-refractivity contribution in [1.82, 2.24) is 0 Å². The molecule has 0 aliphatic heterocycles. The molecule has 0 saturated heterocycles. The molecule has 0 saturated carbocycles. The molecule has 1 aromatic rings. The number of aliphatic carboxylic acids is 1. The van der Waals surface area contributed by atoms with Crippen molar-refractivity contribution >= 4 is 28.6 Å². The first-order valence-electron chi connectivity index (χ1n) is 5.43. The maximum atomic E-state index is 10.9. The first kappa shape index (κ1) is 13.5. The molecule has 0 fully saturated rings. The Hall–Kier alpha value is -0.580.